The third kappa shape index (κ3) is 3.39. The van der Waals surface area contributed by atoms with Crippen molar-refractivity contribution in [1.82, 2.24) is 0 Å². The minimum absolute atomic E-state index is 0.665. The molecule has 1 saturated heterocycles. The minimum atomic E-state index is -1.76. The highest BCUT2D eigenvalue weighted by Gasteiger charge is 2.48. The van der Waals surface area contributed by atoms with Crippen LogP contribution >= 0.6 is 0 Å². The van der Waals surface area contributed by atoms with Gasteiger partial charge in [-0.05, 0) is 6.92 Å². The molecular formula is C10H16O9. The lowest BCUT2D eigenvalue weighted by atomic mass is 9.91. The van der Waals surface area contributed by atoms with Gasteiger partial charge in [0.2, 0.25) is 0 Å². The van der Waals surface area contributed by atoms with Crippen LogP contribution in [0.4, 0.5) is 0 Å². The van der Waals surface area contributed by atoms with Crippen LogP contribution in [-0.2, 0) is 19.1 Å². The van der Waals surface area contributed by atoms with E-state index in [1.807, 2.05) is 0 Å². The molecule has 19 heavy (non-hydrogen) atoms. The van der Waals surface area contributed by atoms with Crippen molar-refractivity contribution in [3.05, 3.63) is 0 Å². The highest BCUT2D eigenvalue weighted by atomic mass is 16.7. The second-order valence-electron chi connectivity index (χ2n) is 4.21. The molecule has 1 heterocycles. The number of rotatable bonds is 5. The van der Waals surface area contributed by atoms with E-state index in [-0.39, 0.29) is 0 Å². The monoisotopic (exact) mass is 280 g/mol. The van der Waals surface area contributed by atoms with Crippen LogP contribution in [0.3, 0.4) is 0 Å². The lowest BCUT2D eigenvalue weighted by Crippen LogP contribution is -2.59. The van der Waals surface area contributed by atoms with E-state index in [1.165, 1.54) is 6.92 Å². The molecule has 1 fully saturated rings. The second-order valence-corrected chi connectivity index (χ2v) is 4.21. The Kier molecular flexibility index (Phi) is 5.20. The standard InChI is InChI=1S/C10H16O9/c1-3(8(14)15)18-10-4(2-11)5(12)6(13)7(19-10)9(16)17/h3-7,10-13H,2H2,1H3,(H,14,15)(H,16,17)/t3?,4?,5?,6-,7?,10+/m0/s1. The first-order valence-electron chi connectivity index (χ1n) is 5.53. The highest BCUT2D eigenvalue weighted by Crippen LogP contribution is 2.27. The van der Waals surface area contributed by atoms with Crippen LogP contribution in [-0.4, -0.2) is 74.8 Å². The van der Waals surface area contributed by atoms with E-state index in [0.717, 1.165) is 0 Å². The number of carboxylic acid groups (broad SMARTS) is 2. The summed E-state index contributed by atoms with van der Waals surface area (Å²) in [6.45, 7) is 0.523. The molecule has 9 heteroatoms. The van der Waals surface area contributed by atoms with E-state index in [0.29, 0.717) is 0 Å². The van der Waals surface area contributed by atoms with Crippen LogP contribution < -0.4 is 0 Å². The predicted molar refractivity (Wildman–Crippen MR) is 57.1 cm³/mol. The van der Waals surface area contributed by atoms with Gasteiger partial charge in [0, 0.05) is 0 Å². The summed E-state index contributed by atoms with van der Waals surface area (Å²) in [5.41, 5.74) is 0. The number of aliphatic hydroxyl groups is 3. The van der Waals surface area contributed by atoms with Crippen LogP contribution in [0.2, 0.25) is 0 Å². The molecule has 4 unspecified atom stereocenters. The van der Waals surface area contributed by atoms with Gasteiger partial charge in [0.1, 0.15) is 6.10 Å². The van der Waals surface area contributed by atoms with Gasteiger partial charge in [-0.3, -0.25) is 0 Å². The van der Waals surface area contributed by atoms with Gasteiger partial charge in [-0.2, -0.15) is 0 Å². The maximum absolute atomic E-state index is 10.8. The van der Waals surface area contributed by atoms with Gasteiger partial charge in [0.25, 0.3) is 0 Å². The molecule has 1 rings (SSSR count). The lowest BCUT2D eigenvalue weighted by molar-refractivity contribution is -0.291. The Hall–Kier alpha value is -1.26. The quantitative estimate of drug-likeness (QED) is 0.371. The normalized spacial score (nSPS) is 36.7. The fraction of sp³-hybridized carbons (Fsp3) is 0.800. The zero-order valence-corrected chi connectivity index (χ0v) is 10.0. The molecule has 1 aliphatic rings. The van der Waals surface area contributed by atoms with Gasteiger partial charge in [-0.15, -0.1) is 0 Å². The van der Waals surface area contributed by atoms with Gasteiger partial charge < -0.3 is 35.0 Å². The first-order chi connectivity index (χ1) is 8.79. The summed E-state index contributed by atoms with van der Waals surface area (Å²) in [6.07, 6.45) is -7.88. The molecule has 0 aromatic carbocycles. The second kappa shape index (κ2) is 6.26. The average molecular weight is 280 g/mol. The van der Waals surface area contributed by atoms with Crippen LogP contribution in [0.25, 0.3) is 0 Å². The van der Waals surface area contributed by atoms with Gasteiger partial charge >= 0.3 is 11.9 Å². The summed E-state index contributed by atoms with van der Waals surface area (Å²) in [4.78, 5) is 21.5. The SMILES string of the molecule is CC(O[C@@H]1OC(C(=O)O)[C@@H](O)C(O)C1CO)C(=O)O. The molecule has 0 bridgehead atoms. The Bertz CT molecular complexity index is 344. The molecule has 0 aromatic rings. The Morgan fingerprint density at radius 3 is 2.26 bits per heavy atom. The summed E-state index contributed by atoms with van der Waals surface area (Å²) in [5.74, 6) is -3.99. The summed E-state index contributed by atoms with van der Waals surface area (Å²) in [5, 5.41) is 45.8. The Morgan fingerprint density at radius 1 is 1.26 bits per heavy atom. The van der Waals surface area contributed by atoms with Crippen molar-refractivity contribution in [3.8, 4) is 0 Å². The van der Waals surface area contributed by atoms with Crippen LogP contribution in [0.1, 0.15) is 6.92 Å². The van der Waals surface area contributed by atoms with Crippen molar-refractivity contribution < 1.29 is 44.6 Å². The van der Waals surface area contributed by atoms with Gasteiger partial charge in [-0.25, -0.2) is 9.59 Å². The Morgan fingerprint density at radius 2 is 1.84 bits per heavy atom. The smallest absolute Gasteiger partial charge is 0.335 e. The number of ether oxygens (including phenoxy) is 2. The fourth-order valence-corrected chi connectivity index (χ4v) is 1.71. The molecule has 6 atom stereocenters. The molecule has 5 N–H and O–H groups in total. The van der Waals surface area contributed by atoms with Crippen LogP contribution in [0.5, 0.6) is 0 Å². The van der Waals surface area contributed by atoms with Gasteiger partial charge in [0.15, 0.2) is 18.5 Å². The van der Waals surface area contributed by atoms with Crippen molar-refractivity contribution in [2.24, 2.45) is 5.92 Å². The summed E-state index contributed by atoms with van der Waals surface area (Å²) in [6, 6.07) is 0. The van der Waals surface area contributed by atoms with Crippen molar-refractivity contribution in [2.75, 3.05) is 6.61 Å². The van der Waals surface area contributed by atoms with E-state index in [2.05, 4.69) is 0 Å². The first kappa shape index (κ1) is 15.8. The topological polar surface area (TPSA) is 154 Å². The third-order valence-electron chi connectivity index (χ3n) is 2.87. The van der Waals surface area contributed by atoms with Crippen molar-refractivity contribution in [3.63, 3.8) is 0 Å². The van der Waals surface area contributed by atoms with Gasteiger partial charge in [0.05, 0.1) is 18.6 Å². The molecular weight excluding hydrogens is 264 g/mol. The highest BCUT2D eigenvalue weighted by molar-refractivity contribution is 5.73. The predicted octanol–water partition coefficient (Wildman–Crippen LogP) is -2.38. The zero-order valence-electron chi connectivity index (χ0n) is 10.0. The van der Waals surface area contributed by atoms with Crippen LogP contribution in [0, 0.1) is 5.92 Å². The van der Waals surface area contributed by atoms with Gasteiger partial charge in [-0.1, -0.05) is 0 Å². The Labute approximate surface area is 108 Å². The largest absolute Gasteiger partial charge is 0.479 e. The average Bonchev–Trinajstić information content (AvgIpc) is 2.33. The number of carboxylic acids is 2. The molecule has 1 aliphatic heterocycles. The van der Waals surface area contributed by atoms with Crippen LogP contribution in [0.15, 0.2) is 0 Å². The number of hydrogen-bond acceptors (Lipinski definition) is 7. The summed E-state index contributed by atoms with van der Waals surface area (Å²) in [7, 11) is 0. The fourth-order valence-electron chi connectivity index (χ4n) is 1.71. The van der Waals surface area contributed by atoms with E-state index >= 15 is 0 Å². The van der Waals surface area contributed by atoms with E-state index in [9.17, 15) is 19.8 Å². The zero-order chi connectivity index (χ0) is 14.7. The molecule has 9 nitrogen and oxygen atoms in total. The maximum atomic E-state index is 10.8. The number of aliphatic hydroxyl groups excluding tert-OH is 3. The molecule has 0 spiro atoms. The third-order valence-corrected chi connectivity index (χ3v) is 2.87. The number of aliphatic carboxylic acids is 2. The van der Waals surface area contributed by atoms with Crippen molar-refractivity contribution >= 4 is 11.9 Å². The number of carbonyl (C=O) groups is 2. The molecule has 0 aliphatic carbocycles. The molecule has 0 radical (unpaired) electrons. The van der Waals surface area contributed by atoms with Crippen molar-refractivity contribution in [2.45, 2.75) is 37.6 Å². The van der Waals surface area contributed by atoms with E-state index < -0.39 is 55.2 Å². The molecule has 0 aromatic heterocycles. The van der Waals surface area contributed by atoms with Crippen molar-refractivity contribution in [1.29, 1.82) is 0 Å². The summed E-state index contributed by atoms with van der Waals surface area (Å²) >= 11 is 0. The van der Waals surface area contributed by atoms with E-state index in [4.69, 9.17) is 24.8 Å². The summed E-state index contributed by atoms with van der Waals surface area (Å²) < 4.78 is 9.84. The number of hydrogen-bond donors (Lipinski definition) is 5. The van der Waals surface area contributed by atoms with E-state index in [1.54, 1.807) is 0 Å². The first-order valence-corrected chi connectivity index (χ1v) is 5.53. The molecule has 0 amide bonds. The lowest BCUT2D eigenvalue weighted by Gasteiger charge is -2.40. The minimum Gasteiger partial charge on any atom is -0.479 e. The Balaban J connectivity index is 2.87. The molecule has 110 valence electrons. The molecule has 0 saturated carbocycles. The maximum Gasteiger partial charge on any atom is 0.335 e.